The molecule has 1 saturated carbocycles. The van der Waals surface area contributed by atoms with Crippen molar-refractivity contribution in [1.29, 1.82) is 0 Å². The summed E-state index contributed by atoms with van der Waals surface area (Å²) in [5, 5.41) is 4.98. The summed E-state index contributed by atoms with van der Waals surface area (Å²) in [4.78, 5) is 12.0. The van der Waals surface area contributed by atoms with Crippen LogP contribution in [0.3, 0.4) is 0 Å². The van der Waals surface area contributed by atoms with Crippen LogP contribution in [-0.2, 0) is 4.79 Å². The molecule has 0 aromatic rings. The first-order chi connectivity index (χ1) is 9.96. The molecule has 2 aliphatic rings. The molecule has 0 aromatic carbocycles. The SMILES string of the molecule is CC.CC.CN1C=C(C(=O)NC2CCC(C)(C)CC2)CN1. The molecular weight excluding hydrogens is 262 g/mol. The summed E-state index contributed by atoms with van der Waals surface area (Å²) in [6.45, 7) is 13.3. The predicted octanol–water partition coefficient (Wildman–Crippen LogP) is 3.46. The molecule has 1 aliphatic heterocycles. The van der Waals surface area contributed by atoms with Crippen molar-refractivity contribution in [2.45, 2.75) is 73.3 Å². The van der Waals surface area contributed by atoms with Crippen LogP contribution < -0.4 is 10.7 Å². The molecule has 21 heavy (non-hydrogen) atoms. The molecule has 1 aliphatic carbocycles. The summed E-state index contributed by atoms with van der Waals surface area (Å²) in [7, 11) is 1.91. The van der Waals surface area contributed by atoms with Gasteiger partial charge in [-0.2, -0.15) is 0 Å². The van der Waals surface area contributed by atoms with Gasteiger partial charge in [0.25, 0.3) is 0 Å². The zero-order valence-electron chi connectivity index (χ0n) is 15.0. The summed E-state index contributed by atoms with van der Waals surface area (Å²) in [5.41, 5.74) is 4.37. The van der Waals surface area contributed by atoms with E-state index in [-0.39, 0.29) is 5.91 Å². The van der Waals surface area contributed by atoms with Crippen LogP contribution in [-0.4, -0.2) is 30.6 Å². The topological polar surface area (TPSA) is 44.4 Å². The third-order valence-electron chi connectivity index (χ3n) is 3.83. The molecule has 4 heteroatoms. The van der Waals surface area contributed by atoms with E-state index in [2.05, 4.69) is 24.6 Å². The number of hydrazine groups is 1. The van der Waals surface area contributed by atoms with Gasteiger partial charge in [-0.15, -0.1) is 0 Å². The van der Waals surface area contributed by atoms with Crippen molar-refractivity contribution in [2.75, 3.05) is 13.6 Å². The fourth-order valence-corrected chi connectivity index (χ4v) is 2.50. The molecule has 2 rings (SSSR count). The lowest BCUT2D eigenvalue weighted by Crippen LogP contribution is -2.40. The third kappa shape index (κ3) is 6.98. The molecule has 1 fully saturated rings. The van der Waals surface area contributed by atoms with Gasteiger partial charge in [-0.25, -0.2) is 5.43 Å². The van der Waals surface area contributed by atoms with Gasteiger partial charge in [0, 0.05) is 31.4 Å². The van der Waals surface area contributed by atoms with E-state index in [0.29, 0.717) is 18.0 Å². The first kappa shape index (κ1) is 20.0. The Balaban J connectivity index is 0.000000921. The predicted molar refractivity (Wildman–Crippen MR) is 90.7 cm³/mol. The van der Waals surface area contributed by atoms with E-state index in [1.165, 1.54) is 12.8 Å². The van der Waals surface area contributed by atoms with Crippen LogP contribution in [0.15, 0.2) is 11.8 Å². The maximum absolute atomic E-state index is 12.0. The minimum absolute atomic E-state index is 0.0894. The lowest BCUT2D eigenvalue weighted by atomic mass is 9.75. The van der Waals surface area contributed by atoms with E-state index in [0.717, 1.165) is 18.4 Å². The highest BCUT2D eigenvalue weighted by atomic mass is 16.1. The fourth-order valence-electron chi connectivity index (χ4n) is 2.50. The largest absolute Gasteiger partial charge is 0.349 e. The van der Waals surface area contributed by atoms with Crippen LogP contribution in [0, 0.1) is 5.41 Å². The molecule has 1 heterocycles. The van der Waals surface area contributed by atoms with Crippen LogP contribution in [0.1, 0.15) is 67.2 Å². The van der Waals surface area contributed by atoms with Crippen LogP contribution in [0.25, 0.3) is 0 Å². The van der Waals surface area contributed by atoms with E-state index in [4.69, 9.17) is 0 Å². The highest BCUT2D eigenvalue weighted by molar-refractivity contribution is 5.94. The maximum atomic E-state index is 12.0. The number of amides is 1. The Bertz CT molecular complexity index is 327. The van der Waals surface area contributed by atoms with Gasteiger partial charge in [-0.1, -0.05) is 41.5 Å². The molecule has 0 radical (unpaired) electrons. The van der Waals surface area contributed by atoms with E-state index < -0.39 is 0 Å². The van der Waals surface area contributed by atoms with Gasteiger partial charge in [-0.3, -0.25) is 4.79 Å². The summed E-state index contributed by atoms with van der Waals surface area (Å²) >= 11 is 0. The zero-order chi connectivity index (χ0) is 16.5. The molecule has 0 aromatic heterocycles. The Morgan fingerprint density at radius 1 is 1.24 bits per heavy atom. The molecular formula is C17H35N3O. The Hall–Kier alpha value is -1.03. The van der Waals surface area contributed by atoms with Gasteiger partial charge >= 0.3 is 0 Å². The van der Waals surface area contributed by atoms with Crippen molar-refractivity contribution >= 4 is 5.91 Å². The number of carbonyl (C=O) groups excluding carboxylic acids is 1. The first-order valence-corrected chi connectivity index (χ1v) is 8.44. The normalized spacial score (nSPS) is 20.5. The summed E-state index contributed by atoms with van der Waals surface area (Å²) < 4.78 is 0. The molecule has 4 nitrogen and oxygen atoms in total. The summed E-state index contributed by atoms with van der Waals surface area (Å²) in [6.07, 6.45) is 6.48. The summed E-state index contributed by atoms with van der Waals surface area (Å²) in [5.74, 6) is 0.0894. The van der Waals surface area contributed by atoms with E-state index >= 15 is 0 Å². The number of rotatable bonds is 2. The maximum Gasteiger partial charge on any atom is 0.250 e. The van der Waals surface area contributed by atoms with Crippen molar-refractivity contribution in [3.05, 3.63) is 11.8 Å². The van der Waals surface area contributed by atoms with Gasteiger partial charge < -0.3 is 10.3 Å². The lowest BCUT2D eigenvalue weighted by Gasteiger charge is -2.34. The molecule has 124 valence electrons. The van der Waals surface area contributed by atoms with Crippen molar-refractivity contribution in [3.63, 3.8) is 0 Å². The van der Waals surface area contributed by atoms with Crippen LogP contribution in [0.4, 0.5) is 0 Å². The van der Waals surface area contributed by atoms with Crippen LogP contribution in [0.2, 0.25) is 0 Å². The second-order valence-corrected chi connectivity index (χ2v) is 6.01. The minimum atomic E-state index is 0.0894. The van der Waals surface area contributed by atoms with Crippen LogP contribution >= 0.6 is 0 Å². The Kier molecular flexibility index (Phi) is 9.34. The highest BCUT2D eigenvalue weighted by Crippen LogP contribution is 2.35. The molecule has 1 amide bonds. The second kappa shape index (κ2) is 9.82. The molecule has 0 bridgehead atoms. The molecule has 0 spiro atoms. The lowest BCUT2D eigenvalue weighted by molar-refractivity contribution is -0.118. The minimum Gasteiger partial charge on any atom is -0.349 e. The van der Waals surface area contributed by atoms with Gasteiger partial charge in [-0.05, 0) is 31.1 Å². The average Bonchev–Trinajstić information content (AvgIpc) is 2.92. The molecule has 2 N–H and O–H groups in total. The van der Waals surface area contributed by atoms with Gasteiger partial charge in [0.1, 0.15) is 0 Å². The Morgan fingerprint density at radius 2 is 1.76 bits per heavy atom. The van der Waals surface area contributed by atoms with E-state index in [9.17, 15) is 4.79 Å². The second-order valence-electron chi connectivity index (χ2n) is 6.01. The van der Waals surface area contributed by atoms with Crippen LogP contribution in [0.5, 0.6) is 0 Å². The molecule has 0 unspecified atom stereocenters. The number of nitrogens with zero attached hydrogens (tertiary/aromatic N) is 1. The van der Waals surface area contributed by atoms with Gasteiger partial charge in [0.05, 0.1) is 0 Å². The first-order valence-electron chi connectivity index (χ1n) is 8.44. The third-order valence-corrected chi connectivity index (χ3v) is 3.83. The number of hydrogen-bond donors (Lipinski definition) is 2. The summed E-state index contributed by atoms with van der Waals surface area (Å²) in [6, 6.07) is 0.363. The highest BCUT2D eigenvalue weighted by Gasteiger charge is 2.28. The zero-order valence-corrected chi connectivity index (χ0v) is 15.0. The quantitative estimate of drug-likeness (QED) is 0.820. The average molecular weight is 297 g/mol. The monoisotopic (exact) mass is 297 g/mol. The van der Waals surface area contributed by atoms with Crippen molar-refractivity contribution in [2.24, 2.45) is 5.41 Å². The van der Waals surface area contributed by atoms with Gasteiger partial charge in [0.2, 0.25) is 5.91 Å². The Labute approximate surface area is 131 Å². The van der Waals surface area contributed by atoms with Gasteiger partial charge in [0.15, 0.2) is 0 Å². The number of nitrogens with one attached hydrogen (secondary N) is 2. The van der Waals surface area contributed by atoms with E-state index in [1.54, 1.807) is 0 Å². The molecule has 0 saturated heterocycles. The fraction of sp³-hybridized carbons (Fsp3) is 0.824. The van der Waals surface area contributed by atoms with E-state index in [1.807, 2.05) is 46.0 Å². The smallest absolute Gasteiger partial charge is 0.250 e. The van der Waals surface area contributed by atoms with Crippen molar-refractivity contribution in [3.8, 4) is 0 Å². The number of hydrogen-bond acceptors (Lipinski definition) is 3. The standard InChI is InChI=1S/C13H23N3O.2C2H6/c1-13(2)6-4-11(5-7-13)15-12(17)10-8-14-16(3)9-10;2*1-2/h9,11,14H,4-8H2,1-3H3,(H,15,17);2*1-2H3. The van der Waals surface area contributed by atoms with Crippen molar-refractivity contribution < 1.29 is 4.79 Å². The molecule has 0 atom stereocenters. The van der Waals surface area contributed by atoms with Crippen molar-refractivity contribution in [1.82, 2.24) is 15.8 Å². The number of carbonyl (C=O) groups is 1. The Morgan fingerprint density at radius 3 is 2.19 bits per heavy atom.